The van der Waals surface area contributed by atoms with Crippen LogP contribution in [-0.4, -0.2) is 40.8 Å². The first kappa shape index (κ1) is 16.1. The minimum absolute atomic E-state index is 0.269. The summed E-state index contributed by atoms with van der Waals surface area (Å²) in [7, 11) is 0. The Morgan fingerprint density at radius 1 is 1.30 bits per heavy atom. The number of carboxylic acid groups (broad SMARTS) is 2. The number of hydrogen-bond donors (Lipinski definition) is 4. The van der Waals surface area contributed by atoms with Crippen molar-refractivity contribution in [2.75, 3.05) is 6.54 Å². The summed E-state index contributed by atoms with van der Waals surface area (Å²) in [6.07, 6.45) is 2.17. The molecule has 0 aromatic heterocycles. The number of nitrogens with one attached hydrogen (secondary N) is 1. The van der Waals surface area contributed by atoms with E-state index in [9.17, 15) is 9.59 Å². The highest BCUT2D eigenvalue weighted by atomic mass is 16.4. The lowest BCUT2D eigenvalue weighted by atomic mass is 10.1. The van der Waals surface area contributed by atoms with Crippen LogP contribution < -0.4 is 11.1 Å². The average molecular weight is 280 g/mol. The summed E-state index contributed by atoms with van der Waals surface area (Å²) in [5.41, 5.74) is 6.30. The minimum atomic E-state index is -0.959. The van der Waals surface area contributed by atoms with Gasteiger partial charge in [0.1, 0.15) is 12.1 Å². The first-order chi connectivity index (χ1) is 9.50. The molecule has 5 N–H and O–H groups in total. The van der Waals surface area contributed by atoms with Gasteiger partial charge in [-0.1, -0.05) is 30.3 Å². The molecule has 1 aromatic carbocycles. The smallest absolute Gasteiger partial charge is 0.320 e. The van der Waals surface area contributed by atoms with Crippen molar-refractivity contribution in [3.8, 4) is 0 Å². The number of rotatable bonds is 4. The summed E-state index contributed by atoms with van der Waals surface area (Å²) in [6.45, 7) is 0.858. The van der Waals surface area contributed by atoms with Crippen LogP contribution in [0.25, 0.3) is 0 Å². The monoisotopic (exact) mass is 280 g/mol. The van der Waals surface area contributed by atoms with Gasteiger partial charge in [-0.05, 0) is 31.4 Å². The standard InChI is InChI=1S/C9H11NO2.C5H9NO2/c10-8(9(11)12)6-7-4-2-1-3-5-7;7-5(8)4-2-1-3-6-4/h1-5,8H,6,10H2,(H,11,12);4,6H,1-3H2,(H,7,8)/t;4-/m.1/s1. The summed E-state index contributed by atoms with van der Waals surface area (Å²) >= 11 is 0. The molecule has 0 radical (unpaired) electrons. The molecule has 2 atom stereocenters. The van der Waals surface area contributed by atoms with Gasteiger partial charge in [0.2, 0.25) is 0 Å². The second-order valence-electron chi connectivity index (χ2n) is 4.62. The molecule has 0 bridgehead atoms. The Bertz CT molecular complexity index is 430. The topological polar surface area (TPSA) is 113 Å². The molecule has 1 saturated heterocycles. The molecule has 1 aliphatic rings. The Labute approximate surface area is 117 Å². The first-order valence-corrected chi connectivity index (χ1v) is 6.49. The minimum Gasteiger partial charge on any atom is -0.480 e. The van der Waals surface area contributed by atoms with Crippen molar-refractivity contribution in [1.29, 1.82) is 0 Å². The number of hydrogen-bond acceptors (Lipinski definition) is 4. The van der Waals surface area contributed by atoms with E-state index in [-0.39, 0.29) is 6.04 Å². The molecule has 110 valence electrons. The molecule has 6 heteroatoms. The Kier molecular flexibility index (Phi) is 6.69. The predicted molar refractivity (Wildman–Crippen MR) is 74.4 cm³/mol. The quantitative estimate of drug-likeness (QED) is 0.637. The highest BCUT2D eigenvalue weighted by molar-refractivity contribution is 5.74. The van der Waals surface area contributed by atoms with Crippen molar-refractivity contribution in [2.24, 2.45) is 5.73 Å². The van der Waals surface area contributed by atoms with Crippen molar-refractivity contribution in [3.63, 3.8) is 0 Å². The Balaban J connectivity index is 0.000000217. The van der Waals surface area contributed by atoms with Crippen molar-refractivity contribution >= 4 is 11.9 Å². The zero-order valence-electron chi connectivity index (χ0n) is 11.2. The fourth-order valence-corrected chi connectivity index (χ4v) is 1.85. The average Bonchev–Trinajstić information content (AvgIpc) is 2.94. The molecule has 6 nitrogen and oxygen atoms in total. The highest BCUT2D eigenvalue weighted by Crippen LogP contribution is 2.03. The summed E-state index contributed by atoms with van der Waals surface area (Å²) < 4.78 is 0. The zero-order valence-corrected chi connectivity index (χ0v) is 11.2. The molecule has 1 heterocycles. The van der Waals surface area contributed by atoms with E-state index < -0.39 is 18.0 Å². The van der Waals surface area contributed by atoms with E-state index in [0.717, 1.165) is 24.9 Å². The third kappa shape index (κ3) is 5.81. The van der Waals surface area contributed by atoms with Gasteiger partial charge in [-0.2, -0.15) is 0 Å². The molecule has 1 fully saturated rings. The third-order valence-corrected chi connectivity index (χ3v) is 2.97. The van der Waals surface area contributed by atoms with Crippen molar-refractivity contribution < 1.29 is 19.8 Å². The summed E-state index contributed by atoms with van der Waals surface area (Å²) in [5.74, 6) is -1.68. The molecular formula is C14H20N2O4. The van der Waals surface area contributed by atoms with Gasteiger partial charge in [0.05, 0.1) is 0 Å². The molecule has 0 spiro atoms. The Morgan fingerprint density at radius 3 is 2.35 bits per heavy atom. The van der Waals surface area contributed by atoms with E-state index in [1.807, 2.05) is 30.3 Å². The lowest BCUT2D eigenvalue weighted by molar-refractivity contribution is -0.139. The molecule has 0 aliphatic carbocycles. The lowest BCUT2D eigenvalue weighted by Crippen LogP contribution is -2.32. The number of nitrogens with two attached hydrogens (primary N) is 1. The van der Waals surface area contributed by atoms with Crippen LogP contribution in [0, 0.1) is 0 Å². The Morgan fingerprint density at radius 2 is 1.95 bits per heavy atom. The van der Waals surface area contributed by atoms with Crippen LogP contribution in [0.1, 0.15) is 18.4 Å². The van der Waals surface area contributed by atoms with Crippen molar-refractivity contribution in [1.82, 2.24) is 5.32 Å². The molecule has 1 aliphatic heterocycles. The summed E-state index contributed by atoms with van der Waals surface area (Å²) in [6, 6.07) is 8.28. The summed E-state index contributed by atoms with van der Waals surface area (Å²) in [4.78, 5) is 20.5. The van der Waals surface area contributed by atoms with Gasteiger partial charge in [-0.3, -0.25) is 9.59 Å². The summed E-state index contributed by atoms with van der Waals surface area (Å²) in [5, 5.41) is 19.7. The lowest BCUT2D eigenvalue weighted by Gasteiger charge is -2.04. The first-order valence-electron chi connectivity index (χ1n) is 6.49. The largest absolute Gasteiger partial charge is 0.480 e. The molecule has 1 aromatic rings. The van der Waals surface area contributed by atoms with Gasteiger partial charge in [-0.25, -0.2) is 0 Å². The van der Waals surface area contributed by atoms with Crippen LogP contribution in [0.3, 0.4) is 0 Å². The van der Waals surface area contributed by atoms with E-state index in [1.54, 1.807) is 0 Å². The van der Waals surface area contributed by atoms with Gasteiger partial charge in [0.15, 0.2) is 0 Å². The maximum Gasteiger partial charge on any atom is 0.320 e. The van der Waals surface area contributed by atoms with Crippen LogP contribution in [-0.2, 0) is 16.0 Å². The van der Waals surface area contributed by atoms with Crippen molar-refractivity contribution in [3.05, 3.63) is 35.9 Å². The van der Waals surface area contributed by atoms with E-state index >= 15 is 0 Å². The zero-order chi connectivity index (χ0) is 15.0. The molecular weight excluding hydrogens is 260 g/mol. The maximum absolute atomic E-state index is 10.4. The normalized spacial score (nSPS) is 18.8. The van der Waals surface area contributed by atoms with Crippen LogP contribution in [0.2, 0.25) is 0 Å². The number of carbonyl (C=O) groups is 2. The van der Waals surface area contributed by atoms with Gasteiger partial charge in [0.25, 0.3) is 0 Å². The second kappa shape index (κ2) is 8.29. The van der Waals surface area contributed by atoms with E-state index in [2.05, 4.69) is 5.32 Å². The van der Waals surface area contributed by atoms with Crippen LogP contribution >= 0.6 is 0 Å². The third-order valence-electron chi connectivity index (χ3n) is 2.97. The molecule has 20 heavy (non-hydrogen) atoms. The maximum atomic E-state index is 10.4. The fourth-order valence-electron chi connectivity index (χ4n) is 1.85. The fraction of sp³-hybridized carbons (Fsp3) is 0.429. The molecule has 0 saturated carbocycles. The molecule has 1 unspecified atom stereocenters. The van der Waals surface area contributed by atoms with E-state index in [1.165, 1.54) is 0 Å². The van der Waals surface area contributed by atoms with Crippen molar-refractivity contribution in [2.45, 2.75) is 31.3 Å². The van der Waals surface area contributed by atoms with E-state index in [4.69, 9.17) is 15.9 Å². The number of benzene rings is 1. The number of carboxylic acids is 2. The SMILES string of the molecule is NC(Cc1ccccc1)C(=O)O.O=C(O)[C@H]1CCCN1. The van der Waals surface area contributed by atoms with Crippen LogP contribution in [0.4, 0.5) is 0 Å². The van der Waals surface area contributed by atoms with Crippen LogP contribution in [0.15, 0.2) is 30.3 Å². The number of aliphatic carboxylic acids is 2. The van der Waals surface area contributed by atoms with Gasteiger partial charge in [-0.15, -0.1) is 0 Å². The second-order valence-corrected chi connectivity index (χ2v) is 4.62. The predicted octanol–water partition coefficient (Wildman–Crippen LogP) is 0.464. The van der Waals surface area contributed by atoms with Gasteiger partial charge >= 0.3 is 11.9 Å². The molecule has 2 rings (SSSR count). The van der Waals surface area contributed by atoms with E-state index in [0.29, 0.717) is 6.42 Å². The van der Waals surface area contributed by atoms with Crippen LogP contribution in [0.5, 0.6) is 0 Å². The molecule has 0 amide bonds. The Hall–Kier alpha value is -1.92. The highest BCUT2D eigenvalue weighted by Gasteiger charge is 2.20. The van der Waals surface area contributed by atoms with Gasteiger partial charge < -0.3 is 21.3 Å². The van der Waals surface area contributed by atoms with Gasteiger partial charge in [0, 0.05) is 0 Å².